The summed E-state index contributed by atoms with van der Waals surface area (Å²) in [6.45, 7) is 5.93. The summed E-state index contributed by atoms with van der Waals surface area (Å²) < 4.78 is 5.72. The molecular formula is C25H36IN5O. The number of aliphatic imine (C=N–C) groups is 1. The number of ether oxygens (including phenoxy) is 1. The molecule has 2 unspecified atom stereocenters. The summed E-state index contributed by atoms with van der Waals surface area (Å²) in [6, 6.07) is 15.7. The van der Waals surface area contributed by atoms with Gasteiger partial charge in [0.15, 0.2) is 5.96 Å². The minimum atomic E-state index is 0. The minimum Gasteiger partial charge on any atom is -0.477 e. The van der Waals surface area contributed by atoms with Crippen molar-refractivity contribution in [1.29, 1.82) is 0 Å². The number of piperidine rings is 1. The fraction of sp³-hybridized carbons (Fsp3) is 0.520. The number of rotatable bonds is 8. The van der Waals surface area contributed by atoms with Crippen molar-refractivity contribution in [2.24, 2.45) is 10.9 Å². The fourth-order valence-electron chi connectivity index (χ4n) is 4.07. The maximum Gasteiger partial charge on any atom is 0.213 e. The largest absolute Gasteiger partial charge is 0.477 e. The molecule has 2 heterocycles. The van der Waals surface area contributed by atoms with Crippen molar-refractivity contribution in [3.05, 3.63) is 59.8 Å². The molecule has 1 saturated carbocycles. The highest BCUT2D eigenvalue weighted by Crippen LogP contribution is 2.29. The lowest BCUT2D eigenvalue weighted by molar-refractivity contribution is 0.134. The second-order valence-electron chi connectivity index (χ2n) is 8.86. The molecule has 4 rings (SSSR count). The molecule has 1 aromatic heterocycles. The van der Waals surface area contributed by atoms with Crippen LogP contribution in [0, 0.1) is 5.92 Å². The van der Waals surface area contributed by atoms with Crippen molar-refractivity contribution >= 4 is 29.9 Å². The molecule has 2 aliphatic rings. The van der Waals surface area contributed by atoms with Crippen LogP contribution in [0.3, 0.4) is 0 Å². The Morgan fingerprint density at radius 3 is 2.59 bits per heavy atom. The second-order valence-corrected chi connectivity index (χ2v) is 8.86. The number of halogens is 1. The zero-order valence-corrected chi connectivity index (χ0v) is 21.5. The lowest BCUT2D eigenvalue weighted by Gasteiger charge is -2.38. The molecule has 2 fully saturated rings. The van der Waals surface area contributed by atoms with Gasteiger partial charge in [0.2, 0.25) is 5.88 Å². The molecule has 1 aliphatic carbocycles. The van der Waals surface area contributed by atoms with Gasteiger partial charge in [0.05, 0.1) is 6.61 Å². The number of likely N-dealkylation sites (tertiary alicyclic amines) is 1. The fourth-order valence-corrected chi connectivity index (χ4v) is 4.07. The Morgan fingerprint density at radius 2 is 1.94 bits per heavy atom. The number of hydrogen-bond donors (Lipinski definition) is 2. The zero-order chi connectivity index (χ0) is 21.5. The summed E-state index contributed by atoms with van der Waals surface area (Å²) in [5.74, 6) is 2.31. The van der Waals surface area contributed by atoms with E-state index < -0.39 is 0 Å². The first-order valence-corrected chi connectivity index (χ1v) is 11.5. The van der Waals surface area contributed by atoms with E-state index in [1.807, 2.05) is 19.3 Å². The van der Waals surface area contributed by atoms with Crippen LogP contribution in [0.25, 0.3) is 0 Å². The number of pyridine rings is 1. The van der Waals surface area contributed by atoms with Crippen LogP contribution >= 0.6 is 24.0 Å². The van der Waals surface area contributed by atoms with E-state index in [1.54, 1.807) is 0 Å². The molecule has 1 saturated heterocycles. The van der Waals surface area contributed by atoms with Crippen molar-refractivity contribution < 1.29 is 4.74 Å². The third-order valence-electron chi connectivity index (χ3n) is 6.23. The van der Waals surface area contributed by atoms with E-state index in [2.05, 4.69) is 68.8 Å². The quantitative estimate of drug-likeness (QED) is 0.294. The summed E-state index contributed by atoms with van der Waals surface area (Å²) in [6.07, 6.45) is 6.69. The highest BCUT2D eigenvalue weighted by molar-refractivity contribution is 14.0. The van der Waals surface area contributed by atoms with Crippen LogP contribution < -0.4 is 15.4 Å². The highest BCUT2D eigenvalue weighted by Gasteiger charge is 2.26. The van der Waals surface area contributed by atoms with Crippen LogP contribution in [-0.4, -0.2) is 48.1 Å². The van der Waals surface area contributed by atoms with Gasteiger partial charge >= 0.3 is 0 Å². The highest BCUT2D eigenvalue weighted by atomic mass is 127. The average Bonchev–Trinajstić information content (AvgIpc) is 3.63. The number of benzene rings is 1. The number of guanidine groups is 1. The van der Waals surface area contributed by atoms with Gasteiger partial charge in [0.25, 0.3) is 0 Å². The SMILES string of the molecule is CN=C(NCc1ccc(OCC2CC2)nc1)NC1CCN(Cc2ccccc2)C(C)C1.I. The second kappa shape index (κ2) is 12.4. The van der Waals surface area contributed by atoms with Gasteiger partial charge in [-0.25, -0.2) is 4.98 Å². The molecule has 0 amide bonds. The molecule has 1 aromatic carbocycles. The Kier molecular flexibility index (Phi) is 9.59. The number of aromatic nitrogens is 1. The van der Waals surface area contributed by atoms with Gasteiger partial charge in [0, 0.05) is 51.0 Å². The standard InChI is InChI=1S/C25H35N5O.HI/c1-19-14-23(12-13-30(19)17-20-6-4-3-5-7-20)29-25(26-2)28-16-22-10-11-24(27-15-22)31-18-21-8-9-21;/h3-7,10-11,15,19,21,23H,8-9,12-14,16-18H2,1-2H3,(H2,26,28,29);1H. The van der Waals surface area contributed by atoms with E-state index in [9.17, 15) is 0 Å². The van der Waals surface area contributed by atoms with E-state index in [0.29, 0.717) is 18.6 Å². The maximum absolute atomic E-state index is 5.72. The smallest absolute Gasteiger partial charge is 0.213 e. The molecule has 1 aliphatic heterocycles. The number of nitrogens with zero attached hydrogens (tertiary/aromatic N) is 3. The predicted molar refractivity (Wildman–Crippen MR) is 141 cm³/mol. The van der Waals surface area contributed by atoms with Crippen LogP contribution in [-0.2, 0) is 13.1 Å². The molecule has 2 aromatic rings. The molecule has 2 atom stereocenters. The van der Waals surface area contributed by atoms with Gasteiger partial charge in [-0.2, -0.15) is 0 Å². The third-order valence-corrected chi connectivity index (χ3v) is 6.23. The average molecular weight is 550 g/mol. The van der Waals surface area contributed by atoms with E-state index >= 15 is 0 Å². The summed E-state index contributed by atoms with van der Waals surface area (Å²) in [7, 11) is 1.83. The Morgan fingerprint density at radius 1 is 1.12 bits per heavy atom. The zero-order valence-electron chi connectivity index (χ0n) is 19.2. The summed E-state index contributed by atoms with van der Waals surface area (Å²) in [4.78, 5) is 11.4. The molecule has 7 heteroatoms. The van der Waals surface area contributed by atoms with Crippen molar-refractivity contribution in [3.8, 4) is 5.88 Å². The van der Waals surface area contributed by atoms with Crippen LogP contribution in [0.4, 0.5) is 0 Å². The maximum atomic E-state index is 5.72. The first-order valence-electron chi connectivity index (χ1n) is 11.5. The monoisotopic (exact) mass is 549 g/mol. The normalized spacial score (nSPS) is 21.5. The molecule has 0 spiro atoms. The van der Waals surface area contributed by atoms with Gasteiger partial charge in [-0.15, -0.1) is 24.0 Å². The van der Waals surface area contributed by atoms with Crippen LogP contribution in [0.5, 0.6) is 5.88 Å². The van der Waals surface area contributed by atoms with Gasteiger partial charge in [-0.1, -0.05) is 36.4 Å². The summed E-state index contributed by atoms with van der Waals surface area (Å²) in [5.41, 5.74) is 2.50. The van der Waals surface area contributed by atoms with Crippen LogP contribution in [0.2, 0.25) is 0 Å². The Balaban J connectivity index is 0.00000289. The first kappa shape index (κ1) is 24.8. The lowest BCUT2D eigenvalue weighted by atomic mass is 9.97. The van der Waals surface area contributed by atoms with Crippen LogP contribution in [0.1, 0.15) is 43.7 Å². The van der Waals surface area contributed by atoms with Gasteiger partial charge in [0.1, 0.15) is 0 Å². The molecule has 174 valence electrons. The van der Waals surface area contributed by atoms with Gasteiger partial charge in [-0.3, -0.25) is 9.89 Å². The molecule has 2 N–H and O–H groups in total. The topological polar surface area (TPSA) is 61.8 Å². The van der Waals surface area contributed by atoms with Crippen molar-refractivity contribution in [3.63, 3.8) is 0 Å². The number of hydrogen-bond acceptors (Lipinski definition) is 4. The molecule has 0 radical (unpaired) electrons. The van der Waals surface area contributed by atoms with Gasteiger partial charge in [-0.05, 0) is 49.7 Å². The Bertz CT molecular complexity index is 841. The molecule has 0 bridgehead atoms. The van der Waals surface area contributed by atoms with Crippen molar-refractivity contribution in [2.45, 2.75) is 57.8 Å². The predicted octanol–water partition coefficient (Wildman–Crippen LogP) is 4.21. The van der Waals surface area contributed by atoms with Crippen LogP contribution in [0.15, 0.2) is 53.7 Å². The Hall–Kier alpha value is -1.87. The van der Waals surface area contributed by atoms with Crippen molar-refractivity contribution in [2.75, 3.05) is 20.2 Å². The third kappa shape index (κ3) is 7.62. The van der Waals surface area contributed by atoms with E-state index in [1.165, 1.54) is 18.4 Å². The lowest BCUT2D eigenvalue weighted by Crippen LogP contribution is -2.51. The Labute approximate surface area is 209 Å². The van der Waals surface area contributed by atoms with E-state index in [0.717, 1.165) is 55.9 Å². The molecule has 6 nitrogen and oxygen atoms in total. The van der Waals surface area contributed by atoms with Crippen molar-refractivity contribution in [1.82, 2.24) is 20.5 Å². The summed E-state index contributed by atoms with van der Waals surface area (Å²) in [5, 5.41) is 7.03. The number of nitrogens with one attached hydrogen (secondary N) is 2. The molecule has 32 heavy (non-hydrogen) atoms. The van der Waals surface area contributed by atoms with Gasteiger partial charge < -0.3 is 15.4 Å². The van der Waals surface area contributed by atoms with E-state index in [-0.39, 0.29) is 24.0 Å². The summed E-state index contributed by atoms with van der Waals surface area (Å²) >= 11 is 0. The minimum absolute atomic E-state index is 0. The van der Waals surface area contributed by atoms with E-state index in [4.69, 9.17) is 4.74 Å². The molecular weight excluding hydrogens is 513 g/mol. The first-order chi connectivity index (χ1) is 15.2.